The van der Waals surface area contributed by atoms with Crippen LogP contribution >= 0.6 is 11.3 Å². The summed E-state index contributed by atoms with van der Waals surface area (Å²) in [6.45, 7) is 0.695. The average molecular weight is 391 g/mol. The molecule has 0 radical (unpaired) electrons. The lowest BCUT2D eigenvalue weighted by atomic mass is 9.64. The number of hydrogen-bond acceptors (Lipinski definition) is 4. The molecular weight excluding hydrogens is 368 g/mol. The second-order valence-electron chi connectivity index (χ2n) is 7.60. The maximum Gasteiger partial charge on any atom is 0.266 e. The highest BCUT2D eigenvalue weighted by molar-refractivity contribution is 7.17. The smallest absolute Gasteiger partial charge is 0.266 e. The van der Waals surface area contributed by atoms with Gasteiger partial charge in [0.15, 0.2) is 0 Å². The summed E-state index contributed by atoms with van der Waals surface area (Å²) in [5.74, 6) is 0.803. The van der Waals surface area contributed by atoms with Gasteiger partial charge in [-0.2, -0.15) is 0 Å². The van der Waals surface area contributed by atoms with Gasteiger partial charge in [0.2, 0.25) is 0 Å². The molecule has 5 heteroatoms. The first-order chi connectivity index (χ1) is 13.7. The van der Waals surface area contributed by atoms with Gasteiger partial charge in [0.1, 0.15) is 10.4 Å². The zero-order valence-electron chi connectivity index (χ0n) is 15.7. The van der Waals surface area contributed by atoms with Gasteiger partial charge in [0, 0.05) is 33.8 Å². The van der Waals surface area contributed by atoms with E-state index >= 15 is 0 Å². The van der Waals surface area contributed by atoms with E-state index < -0.39 is 0 Å². The Kier molecular flexibility index (Phi) is 4.03. The van der Waals surface area contributed by atoms with Crippen LogP contribution in [0.4, 0.5) is 0 Å². The molecule has 4 nitrogen and oxygen atoms in total. The third kappa shape index (κ3) is 2.43. The van der Waals surface area contributed by atoms with E-state index in [0.29, 0.717) is 6.54 Å². The summed E-state index contributed by atoms with van der Waals surface area (Å²) >= 11 is 1.47. The zero-order chi connectivity index (χ0) is 19.3. The first-order valence-corrected chi connectivity index (χ1v) is 10.5. The second kappa shape index (κ2) is 6.47. The van der Waals surface area contributed by atoms with Crippen molar-refractivity contribution in [3.8, 4) is 16.9 Å². The van der Waals surface area contributed by atoms with Crippen LogP contribution in [0.1, 0.15) is 24.8 Å². The van der Waals surface area contributed by atoms with Crippen LogP contribution in [-0.2, 0) is 5.41 Å². The number of H-pyrrole nitrogens is 1. The molecule has 0 atom stereocenters. The lowest BCUT2D eigenvalue weighted by Crippen LogP contribution is -2.41. The fourth-order valence-electron chi connectivity index (χ4n) is 4.49. The number of ether oxygens (including phenoxy) is 1. The summed E-state index contributed by atoms with van der Waals surface area (Å²) in [5, 5.41) is 3.96. The van der Waals surface area contributed by atoms with E-state index in [2.05, 4.69) is 29.2 Å². The number of rotatable bonds is 4. The van der Waals surface area contributed by atoms with E-state index in [9.17, 15) is 4.79 Å². The van der Waals surface area contributed by atoms with Crippen molar-refractivity contribution in [3.05, 3.63) is 63.8 Å². The molecule has 0 aliphatic heterocycles. The summed E-state index contributed by atoms with van der Waals surface area (Å²) in [6, 6.07) is 14.6. The van der Waals surface area contributed by atoms with Gasteiger partial charge in [-0.15, -0.1) is 11.3 Å². The molecule has 0 bridgehead atoms. The van der Waals surface area contributed by atoms with Crippen molar-refractivity contribution in [1.82, 2.24) is 4.98 Å². The van der Waals surface area contributed by atoms with Crippen LogP contribution in [0, 0.1) is 0 Å². The van der Waals surface area contributed by atoms with Gasteiger partial charge in [-0.1, -0.05) is 30.7 Å². The molecule has 0 saturated heterocycles. The molecule has 142 valence electrons. The molecule has 3 N–H and O–H groups in total. The highest BCUT2D eigenvalue weighted by Crippen LogP contribution is 2.44. The van der Waals surface area contributed by atoms with Gasteiger partial charge in [-0.3, -0.25) is 4.79 Å². The van der Waals surface area contributed by atoms with Gasteiger partial charge in [-0.25, -0.2) is 0 Å². The minimum Gasteiger partial charge on any atom is -0.496 e. The third-order valence-corrected chi connectivity index (χ3v) is 7.18. The lowest BCUT2D eigenvalue weighted by Gasteiger charge is -2.41. The molecule has 0 amide bonds. The molecule has 1 saturated carbocycles. The Morgan fingerprint density at radius 3 is 2.57 bits per heavy atom. The van der Waals surface area contributed by atoms with E-state index in [-0.39, 0.29) is 11.0 Å². The molecule has 2 aromatic carbocycles. The molecule has 1 aliphatic rings. The minimum absolute atomic E-state index is 0.0427. The molecule has 2 heterocycles. The van der Waals surface area contributed by atoms with Crippen molar-refractivity contribution < 1.29 is 4.74 Å². The number of pyridine rings is 1. The fraction of sp³-hybridized carbons (Fsp3) is 0.261. The van der Waals surface area contributed by atoms with Gasteiger partial charge in [-0.05, 0) is 47.5 Å². The quantitative estimate of drug-likeness (QED) is 0.526. The van der Waals surface area contributed by atoms with Crippen molar-refractivity contribution in [1.29, 1.82) is 0 Å². The number of hydrogen-bond donors (Lipinski definition) is 2. The number of nitrogens with one attached hydrogen (secondary N) is 1. The van der Waals surface area contributed by atoms with Crippen LogP contribution in [0.2, 0.25) is 0 Å². The number of thiophene rings is 1. The maximum atomic E-state index is 12.4. The van der Waals surface area contributed by atoms with Gasteiger partial charge < -0.3 is 15.5 Å². The minimum atomic E-state index is -0.0427. The van der Waals surface area contributed by atoms with Crippen molar-refractivity contribution in [2.45, 2.75) is 24.7 Å². The van der Waals surface area contributed by atoms with E-state index in [4.69, 9.17) is 10.5 Å². The molecule has 1 fully saturated rings. The first-order valence-electron chi connectivity index (χ1n) is 9.58. The van der Waals surface area contributed by atoms with Gasteiger partial charge in [0.05, 0.1) is 7.11 Å². The number of aromatic amines is 1. The summed E-state index contributed by atoms with van der Waals surface area (Å²) < 4.78 is 6.45. The topological polar surface area (TPSA) is 68.1 Å². The molecule has 1 aliphatic carbocycles. The van der Waals surface area contributed by atoms with Gasteiger partial charge in [0.25, 0.3) is 5.56 Å². The van der Waals surface area contributed by atoms with Crippen LogP contribution in [0.25, 0.3) is 32.1 Å². The SMILES string of the molecule is COc1ccc2[nH]c(=O)c3sccc3c2c1-c1ccc(C2(CN)CCC2)cc1. The van der Waals surface area contributed by atoms with Crippen molar-refractivity contribution >= 4 is 32.3 Å². The van der Waals surface area contributed by atoms with Crippen LogP contribution < -0.4 is 16.0 Å². The fourth-order valence-corrected chi connectivity index (χ4v) is 5.29. The van der Waals surface area contributed by atoms with Gasteiger partial charge >= 0.3 is 0 Å². The van der Waals surface area contributed by atoms with Crippen LogP contribution in [0.15, 0.2) is 52.6 Å². The average Bonchev–Trinajstić information content (AvgIpc) is 3.18. The summed E-state index contributed by atoms with van der Waals surface area (Å²) in [5.41, 5.74) is 10.4. The number of nitrogens with two attached hydrogens (primary N) is 1. The summed E-state index contributed by atoms with van der Waals surface area (Å²) in [4.78, 5) is 15.4. The van der Waals surface area contributed by atoms with E-state index in [1.54, 1.807) is 7.11 Å². The molecule has 0 unspecified atom stereocenters. The predicted molar refractivity (Wildman–Crippen MR) is 117 cm³/mol. The zero-order valence-corrected chi connectivity index (χ0v) is 16.6. The third-order valence-electron chi connectivity index (χ3n) is 6.26. The van der Waals surface area contributed by atoms with Crippen LogP contribution in [0.3, 0.4) is 0 Å². The Morgan fingerprint density at radius 2 is 1.93 bits per heavy atom. The largest absolute Gasteiger partial charge is 0.496 e. The molecular formula is C23H22N2O2S. The van der Waals surface area contributed by atoms with E-state index in [1.165, 1.54) is 23.3 Å². The van der Waals surface area contributed by atoms with Crippen LogP contribution in [-0.4, -0.2) is 18.6 Å². The molecule has 2 aromatic heterocycles. The van der Waals surface area contributed by atoms with Crippen LogP contribution in [0.5, 0.6) is 5.75 Å². The number of fused-ring (bicyclic) bond motifs is 3. The van der Waals surface area contributed by atoms with E-state index in [1.807, 2.05) is 23.6 Å². The standard InChI is InChI=1S/C23H22N2O2S/c1-27-18-8-7-17-20(16-9-12-28-21(16)22(26)25-17)19(18)14-3-5-15(6-4-14)23(13-24)10-2-11-23/h3-9,12H,2,10-11,13,24H2,1H3,(H,25,26). The normalized spacial score (nSPS) is 15.6. The van der Waals surface area contributed by atoms with Crippen molar-refractivity contribution in [3.63, 3.8) is 0 Å². The highest BCUT2D eigenvalue weighted by Gasteiger charge is 2.37. The Labute approximate surface area is 167 Å². The Morgan fingerprint density at radius 1 is 1.14 bits per heavy atom. The Bertz CT molecular complexity index is 1230. The van der Waals surface area contributed by atoms with Crippen molar-refractivity contribution in [2.75, 3.05) is 13.7 Å². The number of methoxy groups -OCH3 is 1. The number of aromatic nitrogens is 1. The van der Waals surface area contributed by atoms with Crippen molar-refractivity contribution in [2.24, 2.45) is 5.73 Å². The second-order valence-corrected chi connectivity index (χ2v) is 8.51. The molecule has 28 heavy (non-hydrogen) atoms. The Hall–Kier alpha value is -2.63. The Balaban J connectivity index is 1.76. The lowest BCUT2D eigenvalue weighted by molar-refractivity contribution is 0.253. The predicted octanol–water partition coefficient (Wildman–Crippen LogP) is 4.80. The molecule has 0 spiro atoms. The van der Waals surface area contributed by atoms with E-state index in [0.717, 1.165) is 50.7 Å². The monoisotopic (exact) mass is 390 g/mol. The first kappa shape index (κ1) is 17.5. The number of benzene rings is 2. The molecule has 5 rings (SSSR count). The summed E-state index contributed by atoms with van der Waals surface area (Å²) in [7, 11) is 1.69. The maximum absolute atomic E-state index is 12.4. The summed E-state index contributed by atoms with van der Waals surface area (Å²) in [6.07, 6.45) is 3.58. The highest BCUT2D eigenvalue weighted by atomic mass is 32.1. The molecule has 4 aromatic rings.